The molecule has 0 N–H and O–H groups in total. The molecule has 4 heteroatoms. The Balaban J connectivity index is 1.69. The SMILES string of the molecule is CC1Oc2ccccc2C=C1C=C1N=C(c2ccccc2)OC1=O. The van der Waals surface area contributed by atoms with Crippen molar-refractivity contribution < 1.29 is 14.3 Å². The zero-order valence-corrected chi connectivity index (χ0v) is 13.1. The molecule has 118 valence electrons. The number of carbonyl (C=O) groups is 1. The van der Waals surface area contributed by atoms with Gasteiger partial charge in [0.05, 0.1) is 0 Å². The molecule has 0 amide bonds. The average Bonchev–Trinajstić information content (AvgIpc) is 2.97. The molecule has 2 heterocycles. The number of para-hydroxylation sites is 1. The molecular formula is C20H15NO3. The molecule has 4 nitrogen and oxygen atoms in total. The standard InChI is InChI=1S/C20H15NO3/c1-13-16(11-15-9-5-6-10-18(15)23-13)12-17-20(22)24-19(21-17)14-7-3-2-4-8-14/h2-13H,1H3. The van der Waals surface area contributed by atoms with Gasteiger partial charge in [0.15, 0.2) is 5.70 Å². The molecule has 2 aliphatic heterocycles. The van der Waals surface area contributed by atoms with E-state index in [1.165, 1.54) is 0 Å². The fourth-order valence-corrected chi connectivity index (χ4v) is 2.69. The first-order chi connectivity index (χ1) is 11.7. The van der Waals surface area contributed by atoms with Gasteiger partial charge in [-0.15, -0.1) is 0 Å². The molecule has 1 unspecified atom stereocenters. The normalized spacial score (nSPS) is 20.8. The number of fused-ring (bicyclic) bond motifs is 1. The van der Waals surface area contributed by atoms with Gasteiger partial charge in [0.2, 0.25) is 5.90 Å². The summed E-state index contributed by atoms with van der Waals surface area (Å²) >= 11 is 0. The summed E-state index contributed by atoms with van der Waals surface area (Å²) in [6.07, 6.45) is 3.59. The molecular weight excluding hydrogens is 302 g/mol. The highest BCUT2D eigenvalue weighted by molar-refractivity contribution is 6.11. The van der Waals surface area contributed by atoms with Crippen LogP contribution in [0.1, 0.15) is 18.1 Å². The highest BCUT2D eigenvalue weighted by Crippen LogP contribution is 2.31. The molecule has 2 aromatic carbocycles. The topological polar surface area (TPSA) is 47.9 Å². The summed E-state index contributed by atoms with van der Waals surface area (Å²) in [7, 11) is 0. The van der Waals surface area contributed by atoms with Gasteiger partial charge >= 0.3 is 5.97 Å². The van der Waals surface area contributed by atoms with E-state index in [1.54, 1.807) is 6.08 Å². The summed E-state index contributed by atoms with van der Waals surface area (Å²) in [5, 5.41) is 0. The van der Waals surface area contributed by atoms with Crippen LogP contribution in [0.15, 0.2) is 76.9 Å². The summed E-state index contributed by atoms with van der Waals surface area (Å²) < 4.78 is 11.2. The second kappa shape index (κ2) is 5.81. The highest BCUT2D eigenvalue weighted by Gasteiger charge is 2.26. The third-order valence-corrected chi connectivity index (χ3v) is 3.96. The summed E-state index contributed by atoms with van der Waals surface area (Å²) in [4.78, 5) is 16.4. The molecule has 1 atom stereocenters. The first-order valence-corrected chi connectivity index (χ1v) is 7.76. The van der Waals surface area contributed by atoms with Gasteiger partial charge in [-0.05, 0) is 42.8 Å². The molecule has 0 spiro atoms. The Morgan fingerprint density at radius 1 is 1.04 bits per heavy atom. The van der Waals surface area contributed by atoms with E-state index in [-0.39, 0.29) is 11.8 Å². The zero-order chi connectivity index (χ0) is 16.5. The van der Waals surface area contributed by atoms with E-state index in [1.807, 2.05) is 67.6 Å². The summed E-state index contributed by atoms with van der Waals surface area (Å²) in [6.45, 7) is 1.95. The number of carbonyl (C=O) groups excluding carboxylic acids is 1. The van der Waals surface area contributed by atoms with Gasteiger partial charge in [-0.2, -0.15) is 0 Å². The number of ether oxygens (including phenoxy) is 2. The fraction of sp³-hybridized carbons (Fsp3) is 0.100. The van der Waals surface area contributed by atoms with Crippen molar-refractivity contribution in [1.29, 1.82) is 0 Å². The third kappa shape index (κ3) is 2.63. The van der Waals surface area contributed by atoms with Gasteiger partial charge in [0, 0.05) is 11.1 Å². The first-order valence-electron chi connectivity index (χ1n) is 7.76. The number of cyclic esters (lactones) is 1. The summed E-state index contributed by atoms with van der Waals surface area (Å²) in [6, 6.07) is 17.2. The van der Waals surface area contributed by atoms with Gasteiger partial charge in [0.1, 0.15) is 11.9 Å². The quantitative estimate of drug-likeness (QED) is 0.626. The Morgan fingerprint density at radius 2 is 1.79 bits per heavy atom. The van der Waals surface area contributed by atoms with Gasteiger partial charge in [-0.3, -0.25) is 0 Å². The Bertz CT molecular complexity index is 894. The number of hydrogen-bond donors (Lipinski definition) is 0. The minimum atomic E-state index is -0.444. The third-order valence-electron chi connectivity index (χ3n) is 3.96. The largest absolute Gasteiger partial charge is 0.485 e. The molecule has 4 rings (SSSR count). The molecule has 0 fully saturated rings. The van der Waals surface area contributed by atoms with Crippen molar-refractivity contribution in [3.63, 3.8) is 0 Å². The van der Waals surface area contributed by atoms with E-state index in [9.17, 15) is 4.79 Å². The molecule has 2 aromatic rings. The number of hydrogen-bond acceptors (Lipinski definition) is 4. The van der Waals surface area contributed by atoms with E-state index >= 15 is 0 Å². The fourth-order valence-electron chi connectivity index (χ4n) is 2.69. The minimum absolute atomic E-state index is 0.156. The van der Waals surface area contributed by atoms with Crippen molar-refractivity contribution in [1.82, 2.24) is 0 Å². The molecule has 0 saturated heterocycles. The van der Waals surface area contributed by atoms with Gasteiger partial charge in [-0.1, -0.05) is 36.4 Å². The predicted octanol–water partition coefficient (Wildman–Crippen LogP) is 3.74. The van der Waals surface area contributed by atoms with Crippen LogP contribution in [0, 0.1) is 0 Å². The maximum absolute atomic E-state index is 12.1. The van der Waals surface area contributed by atoms with Crippen LogP contribution in [0.3, 0.4) is 0 Å². The van der Waals surface area contributed by atoms with E-state index in [0.29, 0.717) is 5.90 Å². The lowest BCUT2D eigenvalue weighted by molar-refractivity contribution is -0.130. The second-order valence-electron chi connectivity index (χ2n) is 5.64. The highest BCUT2D eigenvalue weighted by atomic mass is 16.6. The van der Waals surface area contributed by atoms with Crippen molar-refractivity contribution in [2.75, 3.05) is 0 Å². The van der Waals surface area contributed by atoms with E-state index < -0.39 is 5.97 Å². The molecule has 2 aliphatic rings. The molecule has 0 radical (unpaired) electrons. The van der Waals surface area contributed by atoms with Crippen LogP contribution in [-0.2, 0) is 9.53 Å². The maximum atomic E-state index is 12.1. The lowest BCUT2D eigenvalue weighted by Crippen LogP contribution is -2.18. The van der Waals surface area contributed by atoms with Crippen molar-refractivity contribution in [2.24, 2.45) is 4.99 Å². The maximum Gasteiger partial charge on any atom is 0.363 e. The number of aliphatic imine (C=N–C) groups is 1. The number of esters is 1. The Hall–Kier alpha value is -3.14. The van der Waals surface area contributed by atoms with E-state index in [0.717, 1.165) is 22.4 Å². The van der Waals surface area contributed by atoms with Crippen LogP contribution in [0.4, 0.5) is 0 Å². The predicted molar refractivity (Wildman–Crippen MR) is 91.7 cm³/mol. The van der Waals surface area contributed by atoms with Crippen LogP contribution in [-0.4, -0.2) is 18.0 Å². The number of benzene rings is 2. The van der Waals surface area contributed by atoms with E-state index in [4.69, 9.17) is 9.47 Å². The lowest BCUT2D eigenvalue weighted by Gasteiger charge is -2.22. The van der Waals surface area contributed by atoms with Gasteiger partial charge in [-0.25, -0.2) is 9.79 Å². The monoisotopic (exact) mass is 317 g/mol. The molecule has 24 heavy (non-hydrogen) atoms. The van der Waals surface area contributed by atoms with Crippen molar-refractivity contribution in [3.8, 4) is 5.75 Å². The van der Waals surface area contributed by atoms with Crippen LogP contribution < -0.4 is 4.74 Å². The zero-order valence-electron chi connectivity index (χ0n) is 13.1. The van der Waals surface area contributed by atoms with Crippen molar-refractivity contribution >= 4 is 17.9 Å². The molecule has 0 aliphatic carbocycles. The Kier molecular flexibility index (Phi) is 3.50. The Labute approximate surface area is 139 Å². The first kappa shape index (κ1) is 14.5. The van der Waals surface area contributed by atoms with Crippen LogP contribution in [0.5, 0.6) is 5.75 Å². The minimum Gasteiger partial charge on any atom is -0.485 e. The summed E-state index contributed by atoms with van der Waals surface area (Å²) in [5.41, 5.74) is 2.94. The van der Waals surface area contributed by atoms with Crippen LogP contribution in [0.25, 0.3) is 6.08 Å². The second-order valence-corrected chi connectivity index (χ2v) is 5.64. The number of nitrogens with zero attached hydrogens (tertiary/aromatic N) is 1. The van der Waals surface area contributed by atoms with Gasteiger partial charge < -0.3 is 9.47 Å². The molecule has 0 saturated carbocycles. The smallest absolute Gasteiger partial charge is 0.363 e. The van der Waals surface area contributed by atoms with Gasteiger partial charge in [0.25, 0.3) is 0 Å². The van der Waals surface area contributed by atoms with E-state index in [2.05, 4.69) is 4.99 Å². The number of rotatable bonds is 2. The lowest BCUT2D eigenvalue weighted by atomic mass is 10.0. The van der Waals surface area contributed by atoms with Crippen LogP contribution >= 0.6 is 0 Å². The summed E-state index contributed by atoms with van der Waals surface area (Å²) in [5.74, 6) is 0.729. The average molecular weight is 317 g/mol. The Morgan fingerprint density at radius 3 is 2.62 bits per heavy atom. The molecule has 0 bridgehead atoms. The van der Waals surface area contributed by atoms with Crippen LogP contribution in [0.2, 0.25) is 0 Å². The van der Waals surface area contributed by atoms with Crippen molar-refractivity contribution in [3.05, 3.63) is 83.1 Å². The van der Waals surface area contributed by atoms with Crippen molar-refractivity contribution in [2.45, 2.75) is 13.0 Å². The molecule has 0 aromatic heterocycles.